The second kappa shape index (κ2) is 10.9. The van der Waals surface area contributed by atoms with Crippen molar-refractivity contribution in [2.24, 2.45) is 0 Å². The summed E-state index contributed by atoms with van der Waals surface area (Å²) in [5, 5.41) is 10.8. The van der Waals surface area contributed by atoms with Gasteiger partial charge < -0.3 is 9.47 Å². The Morgan fingerprint density at radius 3 is 2.06 bits per heavy atom. The van der Waals surface area contributed by atoms with Gasteiger partial charge in [0.15, 0.2) is 17.3 Å². The molecule has 0 bridgehead atoms. The minimum absolute atomic E-state index is 0.123. The van der Waals surface area contributed by atoms with Crippen LogP contribution in [-0.4, -0.2) is 23.8 Å². The molecule has 0 fully saturated rings. The number of carbonyl (C=O) groups is 2. The van der Waals surface area contributed by atoms with Crippen molar-refractivity contribution >= 4 is 23.5 Å². The van der Waals surface area contributed by atoms with Crippen molar-refractivity contribution in [1.82, 2.24) is 0 Å². The zero-order chi connectivity index (χ0) is 25.5. The Hall–Kier alpha value is -5.04. The number of benzene rings is 4. The molecule has 0 aliphatic rings. The number of hydrogen-bond acceptors (Lipinski definition) is 6. The van der Waals surface area contributed by atoms with Crippen molar-refractivity contribution in [3.8, 4) is 22.6 Å². The maximum absolute atomic E-state index is 12.6. The Labute approximate surface area is 207 Å². The summed E-state index contributed by atoms with van der Waals surface area (Å²) >= 11 is 0. The number of methoxy groups -OCH3 is 1. The van der Waals surface area contributed by atoms with Crippen LogP contribution in [0.3, 0.4) is 0 Å². The van der Waals surface area contributed by atoms with Gasteiger partial charge in [0.2, 0.25) is 0 Å². The van der Waals surface area contributed by atoms with Crippen LogP contribution in [0.25, 0.3) is 17.2 Å². The highest BCUT2D eigenvalue weighted by Gasteiger charge is 2.14. The van der Waals surface area contributed by atoms with Gasteiger partial charge in [-0.15, -0.1) is 0 Å². The summed E-state index contributed by atoms with van der Waals surface area (Å²) in [5.41, 5.74) is 3.38. The molecule has 0 spiro atoms. The first-order chi connectivity index (χ1) is 17.4. The van der Waals surface area contributed by atoms with Crippen LogP contribution >= 0.6 is 0 Å². The van der Waals surface area contributed by atoms with E-state index in [0.29, 0.717) is 16.9 Å². The van der Waals surface area contributed by atoms with E-state index >= 15 is 0 Å². The van der Waals surface area contributed by atoms with Crippen LogP contribution in [0.15, 0.2) is 103 Å². The second-order valence-electron chi connectivity index (χ2n) is 7.74. The summed E-state index contributed by atoms with van der Waals surface area (Å²) in [6, 6.07) is 27.3. The molecule has 178 valence electrons. The molecule has 0 N–H and O–H groups in total. The first-order valence-corrected chi connectivity index (χ1v) is 11.0. The number of nitrogens with zero attached hydrogens (tertiary/aromatic N) is 1. The number of nitro groups is 1. The van der Waals surface area contributed by atoms with Crippen LogP contribution in [0.5, 0.6) is 11.5 Å². The van der Waals surface area contributed by atoms with Crippen molar-refractivity contribution in [3.05, 3.63) is 130 Å². The zero-order valence-electron chi connectivity index (χ0n) is 19.3. The predicted molar refractivity (Wildman–Crippen MR) is 136 cm³/mol. The Morgan fingerprint density at radius 2 is 1.42 bits per heavy atom. The lowest BCUT2D eigenvalue weighted by atomic mass is 10.0. The topological polar surface area (TPSA) is 95.7 Å². The molecule has 36 heavy (non-hydrogen) atoms. The van der Waals surface area contributed by atoms with Gasteiger partial charge in [-0.05, 0) is 47.0 Å². The fourth-order valence-electron chi connectivity index (χ4n) is 3.48. The lowest BCUT2D eigenvalue weighted by Gasteiger charge is -2.10. The molecular weight excluding hydrogens is 458 g/mol. The Bertz CT molecular complexity index is 1430. The number of nitro benzene ring substituents is 1. The van der Waals surface area contributed by atoms with Crippen LogP contribution in [0, 0.1) is 10.1 Å². The number of carbonyl (C=O) groups excluding carboxylic acids is 2. The quantitative estimate of drug-likeness (QED) is 0.0726. The summed E-state index contributed by atoms with van der Waals surface area (Å²) in [6.07, 6.45) is 3.12. The molecule has 4 rings (SSSR count). The smallest absolute Gasteiger partial charge is 0.343 e. The van der Waals surface area contributed by atoms with E-state index < -0.39 is 10.9 Å². The molecule has 4 aromatic rings. The van der Waals surface area contributed by atoms with E-state index in [1.807, 2.05) is 42.5 Å². The molecular formula is C29H21NO6. The summed E-state index contributed by atoms with van der Waals surface area (Å²) in [6.45, 7) is 0. The first kappa shape index (κ1) is 24.1. The number of hydrogen-bond donors (Lipinski definition) is 0. The lowest BCUT2D eigenvalue weighted by molar-refractivity contribution is -0.384. The molecule has 0 heterocycles. The average Bonchev–Trinajstić information content (AvgIpc) is 2.92. The van der Waals surface area contributed by atoms with Gasteiger partial charge in [-0.2, -0.15) is 0 Å². The molecule has 0 radical (unpaired) electrons. The van der Waals surface area contributed by atoms with Crippen LogP contribution in [0.4, 0.5) is 5.69 Å². The van der Waals surface area contributed by atoms with Crippen molar-refractivity contribution in [3.63, 3.8) is 0 Å². The van der Waals surface area contributed by atoms with Crippen LogP contribution in [-0.2, 0) is 0 Å². The van der Waals surface area contributed by atoms with Gasteiger partial charge in [0.1, 0.15) is 0 Å². The van der Waals surface area contributed by atoms with Gasteiger partial charge in [-0.25, -0.2) is 4.79 Å². The number of rotatable bonds is 8. The van der Waals surface area contributed by atoms with E-state index in [1.54, 1.807) is 36.4 Å². The molecule has 0 atom stereocenters. The van der Waals surface area contributed by atoms with Crippen molar-refractivity contribution in [1.29, 1.82) is 0 Å². The maximum atomic E-state index is 12.6. The van der Waals surface area contributed by atoms with E-state index in [4.69, 9.17) is 9.47 Å². The van der Waals surface area contributed by atoms with Gasteiger partial charge in [0.25, 0.3) is 5.69 Å². The number of ketones is 1. The lowest BCUT2D eigenvalue weighted by Crippen LogP contribution is -2.09. The van der Waals surface area contributed by atoms with Crippen LogP contribution < -0.4 is 9.47 Å². The van der Waals surface area contributed by atoms with Crippen molar-refractivity contribution in [2.45, 2.75) is 0 Å². The van der Waals surface area contributed by atoms with Crippen molar-refractivity contribution in [2.75, 3.05) is 7.11 Å². The third-order valence-corrected chi connectivity index (χ3v) is 5.41. The fourth-order valence-corrected chi connectivity index (χ4v) is 3.48. The highest BCUT2D eigenvalue weighted by molar-refractivity contribution is 6.07. The van der Waals surface area contributed by atoms with Gasteiger partial charge >= 0.3 is 5.97 Å². The predicted octanol–water partition coefficient (Wildman–Crippen LogP) is 6.39. The van der Waals surface area contributed by atoms with Crippen molar-refractivity contribution < 1.29 is 24.0 Å². The zero-order valence-corrected chi connectivity index (χ0v) is 19.3. The largest absolute Gasteiger partial charge is 0.493 e. The third-order valence-electron chi connectivity index (χ3n) is 5.41. The number of esters is 1. The molecule has 4 aromatic carbocycles. The monoisotopic (exact) mass is 479 g/mol. The minimum Gasteiger partial charge on any atom is -0.493 e. The summed E-state index contributed by atoms with van der Waals surface area (Å²) in [4.78, 5) is 35.3. The second-order valence-corrected chi connectivity index (χ2v) is 7.74. The van der Waals surface area contributed by atoms with Crippen LogP contribution in [0.1, 0.15) is 26.3 Å². The van der Waals surface area contributed by atoms with Gasteiger partial charge in [0, 0.05) is 17.7 Å². The Morgan fingerprint density at radius 1 is 0.778 bits per heavy atom. The van der Waals surface area contributed by atoms with Gasteiger partial charge in [0.05, 0.1) is 17.6 Å². The summed E-state index contributed by atoms with van der Waals surface area (Å²) in [5.74, 6) is -0.351. The van der Waals surface area contributed by atoms with E-state index in [1.165, 1.54) is 37.5 Å². The van der Waals surface area contributed by atoms with E-state index in [0.717, 1.165) is 11.1 Å². The van der Waals surface area contributed by atoms with E-state index in [2.05, 4.69) is 0 Å². The van der Waals surface area contributed by atoms with E-state index in [9.17, 15) is 19.7 Å². The molecule has 0 aliphatic carbocycles. The Balaban J connectivity index is 1.44. The minimum atomic E-state index is -0.680. The summed E-state index contributed by atoms with van der Waals surface area (Å²) < 4.78 is 10.7. The molecule has 0 amide bonds. The van der Waals surface area contributed by atoms with E-state index in [-0.39, 0.29) is 22.8 Å². The third kappa shape index (κ3) is 5.71. The molecule has 0 unspecified atom stereocenters. The average molecular weight is 479 g/mol. The summed E-state index contributed by atoms with van der Waals surface area (Å²) in [7, 11) is 1.44. The number of ether oxygens (including phenoxy) is 2. The highest BCUT2D eigenvalue weighted by Crippen LogP contribution is 2.29. The van der Waals surface area contributed by atoms with Gasteiger partial charge in [-0.3, -0.25) is 14.9 Å². The number of allylic oxidation sites excluding steroid dienone is 1. The first-order valence-electron chi connectivity index (χ1n) is 11.0. The molecule has 7 nitrogen and oxygen atoms in total. The molecule has 0 aromatic heterocycles. The number of non-ortho nitro benzene ring substituents is 1. The Kier molecular flexibility index (Phi) is 7.31. The maximum Gasteiger partial charge on any atom is 0.343 e. The normalized spacial score (nSPS) is 10.7. The highest BCUT2D eigenvalue weighted by atomic mass is 16.6. The van der Waals surface area contributed by atoms with Crippen LogP contribution in [0.2, 0.25) is 0 Å². The molecule has 0 aliphatic heterocycles. The fraction of sp³-hybridized carbons (Fsp3) is 0.0345. The van der Waals surface area contributed by atoms with Gasteiger partial charge in [-0.1, -0.05) is 66.7 Å². The SMILES string of the molecule is COc1cc(C=CC(=O)c2ccc(-c3ccccc3)cc2)ccc1OC(=O)c1ccc([N+](=O)[O-])cc1. The molecule has 0 saturated heterocycles. The standard InChI is InChI=1S/C29H21NO6/c1-35-28-19-20(8-18-27(28)36-29(32)24-13-15-25(16-14-24)30(33)34)7-17-26(31)23-11-9-22(10-12-23)21-5-3-2-4-6-21/h2-19H,1H3. The molecule has 0 saturated carbocycles. The molecule has 7 heteroatoms.